The average Bonchev–Trinajstić information content (AvgIpc) is 3.22. The van der Waals surface area contributed by atoms with E-state index in [0.717, 1.165) is 35.4 Å². The molecule has 0 bridgehead atoms. The van der Waals surface area contributed by atoms with E-state index >= 15 is 0 Å². The van der Waals surface area contributed by atoms with Gasteiger partial charge in [-0.15, -0.1) is 0 Å². The number of benzene rings is 2. The monoisotopic (exact) mass is 575 g/mol. The first-order valence-corrected chi connectivity index (χ1v) is 15.2. The molecule has 1 aliphatic carbocycles. The van der Waals surface area contributed by atoms with Gasteiger partial charge >= 0.3 is 0 Å². The third kappa shape index (κ3) is 5.47. The molecule has 1 aromatic heterocycles. The number of hydrogen-bond donors (Lipinski definition) is 2. The van der Waals surface area contributed by atoms with Crippen molar-refractivity contribution < 1.29 is 28.9 Å². The Hall–Kier alpha value is -3.56. The number of nitrogens with zero attached hydrogens (tertiary/aromatic N) is 2. The highest BCUT2D eigenvalue weighted by molar-refractivity contribution is 6.02. The van der Waals surface area contributed by atoms with Crippen molar-refractivity contribution in [3.63, 3.8) is 0 Å². The molecule has 0 spiro atoms. The number of likely N-dealkylation sites (tertiary alicyclic amines) is 1. The predicted molar refractivity (Wildman–Crippen MR) is 160 cm³/mol. The van der Waals surface area contributed by atoms with Crippen LogP contribution >= 0.6 is 0 Å². The molecule has 2 N–H and O–H groups in total. The van der Waals surface area contributed by atoms with Gasteiger partial charge in [0.15, 0.2) is 0 Å². The van der Waals surface area contributed by atoms with Gasteiger partial charge in [-0.05, 0) is 61.4 Å². The van der Waals surface area contributed by atoms with Crippen molar-refractivity contribution in [2.45, 2.75) is 69.6 Å². The first-order chi connectivity index (χ1) is 20.5. The summed E-state index contributed by atoms with van der Waals surface area (Å²) in [6.07, 6.45) is 6.69. The summed E-state index contributed by atoms with van der Waals surface area (Å²) in [7, 11) is 3.19. The second-order valence-electron chi connectivity index (χ2n) is 11.7. The van der Waals surface area contributed by atoms with Crippen molar-refractivity contribution in [3.8, 4) is 22.8 Å². The van der Waals surface area contributed by atoms with Crippen molar-refractivity contribution in [2.24, 2.45) is 0 Å². The topological polar surface area (TPSA) is 102 Å². The van der Waals surface area contributed by atoms with Crippen molar-refractivity contribution in [1.29, 1.82) is 0 Å². The van der Waals surface area contributed by atoms with Gasteiger partial charge in [-0.3, -0.25) is 9.59 Å². The quantitative estimate of drug-likeness (QED) is 0.431. The SMILES string of the molecule is COCC(NC(=O)c1ccc2c(C3CCCCC3)c3n(c2c1)CCOc1cc(OC)ccc1-3)C(=O)N1CCC(O)CC1. The molecule has 3 aliphatic rings. The smallest absolute Gasteiger partial charge is 0.252 e. The second kappa shape index (κ2) is 12.4. The maximum Gasteiger partial charge on any atom is 0.252 e. The number of hydrogen-bond acceptors (Lipinski definition) is 6. The van der Waals surface area contributed by atoms with Crippen LogP contribution in [0.4, 0.5) is 0 Å². The van der Waals surface area contributed by atoms with Crippen molar-refractivity contribution >= 4 is 22.7 Å². The van der Waals surface area contributed by atoms with E-state index in [1.165, 1.54) is 43.0 Å². The number of ether oxygens (including phenoxy) is 3. The third-order valence-corrected chi connectivity index (χ3v) is 9.11. The van der Waals surface area contributed by atoms with Crippen LogP contribution in [0.1, 0.15) is 66.8 Å². The molecule has 2 aromatic carbocycles. The number of piperidine rings is 1. The average molecular weight is 576 g/mol. The van der Waals surface area contributed by atoms with Crippen LogP contribution in [0.15, 0.2) is 36.4 Å². The minimum atomic E-state index is -0.800. The number of aliphatic hydroxyl groups is 1. The van der Waals surface area contributed by atoms with E-state index in [0.29, 0.717) is 50.6 Å². The Morgan fingerprint density at radius 2 is 1.81 bits per heavy atom. The van der Waals surface area contributed by atoms with Gasteiger partial charge in [0.1, 0.15) is 24.1 Å². The van der Waals surface area contributed by atoms with E-state index in [9.17, 15) is 14.7 Å². The Balaban J connectivity index is 1.37. The number of methoxy groups -OCH3 is 2. The van der Waals surface area contributed by atoms with Crippen molar-refractivity contribution in [2.75, 3.05) is 40.5 Å². The van der Waals surface area contributed by atoms with Crippen LogP contribution in [0.2, 0.25) is 0 Å². The van der Waals surface area contributed by atoms with Crippen molar-refractivity contribution in [1.82, 2.24) is 14.8 Å². The Kier molecular flexibility index (Phi) is 8.40. The number of amides is 2. The van der Waals surface area contributed by atoms with Gasteiger partial charge in [-0.25, -0.2) is 0 Å². The highest BCUT2D eigenvalue weighted by Gasteiger charge is 2.32. The van der Waals surface area contributed by atoms with Gasteiger partial charge < -0.3 is 34.1 Å². The molecule has 3 aromatic rings. The first kappa shape index (κ1) is 28.6. The summed E-state index contributed by atoms with van der Waals surface area (Å²) in [6.45, 7) is 2.18. The molecule has 1 atom stereocenters. The lowest BCUT2D eigenvalue weighted by Gasteiger charge is -2.32. The van der Waals surface area contributed by atoms with E-state index in [-0.39, 0.29) is 24.5 Å². The Morgan fingerprint density at radius 1 is 1.02 bits per heavy atom. The zero-order valence-corrected chi connectivity index (χ0v) is 24.6. The summed E-state index contributed by atoms with van der Waals surface area (Å²) in [5, 5.41) is 14.0. The predicted octanol–water partition coefficient (Wildman–Crippen LogP) is 4.49. The second-order valence-corrected chi connectivity index (χ2v) is 11.7. The van der Waals surface area contributed by atoms with Crippen LogP contribution < -0.4 is 14.8 Å². The van der Waals surface area contributed by atoms with Gasteiger partial charge in [-0.2, -0.15) is 0 Å². The summed E-state index contributed by atoms with van der Waals surface area (Å²) in [6, 6.07) is 11.1. The zero-order valence-electron chi connectivity index (χ0n) is 24.6. The van der Waals surface area contributed by atoms with E-state index < -0.39 is 6.04 Å². The molecule has 1 saturated heterocycles. The van der Waals surface area contributed by atoms with E-state index in [1.54, 1.807) is 12.0 Å². The zero-order chi connectivity index (χ0) is 29.2. The highest BCUT2D eigenvalue weighted by Crippen LogP contribution is 2.47. The molecular formula is C33H41N3O6. The molecule has 224 valence electrons. The van der Waals surface area contributed by atoms with Crippen LogP contribution in [-0.4, -0.2) is 79.1 Å². The molecule has 1 unspecified atom stereocenters. The fraction of sp³-hybridized carbons (Fsp3) is 0.515. The summed E-state index contributed by atoms with van der Waals surface area (Å²) >= 11 is 0. The molecule has 9 heteroatoms. The van der Waals surface area contributed by atoms with Gasteiger partial charge in [0.05, 0.1) is 32.1 Å². The summed E-state index contributed by atoms with van der Waals surface area (Å²) < 4.78 is 19.3. The molecule has 0 radical (unpaired) electrons. The number of carbonyl (C=O) groups is 2. The van der Waals surface area contributed by atoms with Crippen LogP contribution in [0.25, 0.3) is 22.2 Å². The number of fused-ring (bicyclic) bond motifs is 5. The lowest BCUT2D eigenvalue weighted by Crippen LogP contribution is -2.53. The minimum absolute atomic E-state index is 0.0792. The Bertz CT molecular complexity index is 1450. The molecule has 1 saturated carbocycles. The van der Waals surface area contributed by atoms with E-state index in [2.05, 4.69) is 22.0 Å². The van der Waals surface area contributed by atoms with Crippen LogP contribution in [0.3, 0.4) is 0 Å². The number of aliphatic hydroxyl groups excluding tert-OH is 1. The van der Waals surface area contributed by atoms with Gasteiger partial charge in [0, 0.05) is 48.3 Å². The normalized spacial score (nSPS) is 18.5. The molecule has 2 aliphatic heterocycles. The maximum atomic E-state index is 13.6. The first-order valence-electron chi connectivity index (χ1n) is 15.2. The summed E-state index contributed by atoms with van der Waals surface area (Å²) in [5.41, 5.74) is 5.07. The van der Waals surface area contributed by atoms with Gasteiger partial charge in [0.25, 0.3) is 5.91 Å². The highest BCUT2D eigenvalue weighted by atomic mass is 16.5. The van der Waals surface area contributed by atoms with Crippen LogP contribution in [0.5, 0.6) is 11.5 Å². The summed E-state index contributed by atoms with van der Waals surface area (Å²) in [4.78, 5) is 28.6. The number of carbonyl (C=O) groups excluding carboxylic acids is 2. The van der Waals surface area contributed by atoms with Crippen molar-refractivity contribution in [3.05, 3.63) is 47.5 Å². The van der Waals surface area contributed by atoms with Crippen LogP contribution in [0, 0.1) is 0 Å². The van der Waals surface area contributed by atoms with Crippen LogP contribution in [-0.2, 0) is 16.1 Å². The van der Waals surface area contributed by atoms with Gasteiger partial charge in [0.2, 0.25) is 5.91 Å². The molecular weight excluding hydrogens is 534 g/mol. The Labute approximate surface area is 246 Å². The molecule has 9 nitrogen and oxygen atoms in total. The lowest BCUT2D eigenvalue weighted by molar-refractivity contribution is -0.136. The molecule has 3 heterocycles. The Morgan fingerprint density at radius 3 is 2.55 bits per heavy atom. The summed E-state index contributed by atoms with van der Waals surface area (Å²) in [5.74, 6) is 1.53. The molecule has 2 fully saturated rings. The van der Waals surface area contributed by atoms with E-state index in [4.69, 9.17) is 14.2 Å². The maximum absolute atomic E-state index is 13.6. The molecule has 2 amide bonds. The molecule has 6 rings (SSSR count). The fourth-order valence-corrected chi connectivity index (χ4v) is 6.93. The van der Waals surface area contributed by atoms with E-state index in [1.807, 2.05) is 24.3 Å². The number of rotatable bonds is 7. The fourth-order valence-electron chi connectivity index (χ4n) is 6.93. The van der Waals surface area contributed by atoms with Gasteiger partial charge in [-0.1, -0.05) is 25.3 Å². The number of aromatic nitrogens is 1. The molecule has 42 heavy (non-hydrogen) atoms. The minimum Gasteiger partial charge on any atom is -0.497 e. The largest absolute Gasteiger partial charge is 0.497 e. The number of nitrogens with one attached hydrogen (secondary N) is 1. The lowest BCUT2D eigenvalue weighted by atomic mass is 9.81. The standard InChI is InChI=1S/C33H41N3O6/c1-40-20-27(33(39)35-14-12-23(37)13-15-35)34-32(38)22-8-10-25-28(18-22)36-16-17-42-29-19-24(41-2)9-11-26(29)31(36)30(25)21-6-4-3-5-7-21/h8-11,18-19,21,23,27,37H,3-7,12-17,20H2,1-2H3,(H,34,38). The third-order valence-electron chi connectivity index (χ3n) is 9.11.